The molecule has 0 aliphatic heterocycles. The SMILES string of the molecule is [B]C([B])(O)Oc1cc2nccn2nc1C1CC1. The molecular weight excluding hydrogens is 216 g/mol. The Labute approximate surface area is 101 Å². The first-order valence-corrected chi connectivity index (χ1v) is 5.36. The van der Waals surface area contributed by atoms with E-state index in [9.17, 15) is 5.11 Å². The topological polar surface area (TPSA) is 59.7 Å². The summed E-state index contributed by atoms with van der Waals surface area (Å²) in [5.74, 6) is 0.734. The monoisotopic (exact) mass is 225 g/mol. The molecule has 0 bridgehead atoms. The second kappa shape index (κ2) is 3.50. The molecule has 3 rings (SSSR count). The van der Waals surface area contributed by atoms with Gasteiger partial charge in [0.2, 0.25) is 0 Å². The Morgan fingerprint density at radius 2 is 2.24 bits per heavy atom. The van der Waals surface area contributed by atoms with Gasteiger partial charge in [-0.25, -0.2) is 9.50 Å². The van der Waals surface area contributed by atoms with Crippen LogP contribution in [0.5, 0.6) is 5.75 Å². The molecule has 7 heteroatoms. The number of hydrogen-bond donors (Lipinski definition) is 1. The standard InChI is InChI=1S/C10H9B2N3O2/c11-10(12,16)17-7-5-8-13-3-4-15(8)14-9(7)6-1-2-6/h3-6,16H,1-2H2. The lowest BCUT2D eigenvalue weighted by Gasteiger charge is -2.22. The van der Waals surface area contributed by atoms with Crippen molar-refractivity contribution in [2.45, 2.75) is 24.3 Å². The average molecular weight is 225 g/mol. The smallest absolute Gasteiger partial charge is 0.157 e. The van der Waals surface area contributed by atoms with Gasteiger partial charge in [0, 0.05) is 24.4 Å². The number of imidazole rings is 1. The summed E-state index contributed by atoms with van der Waals surface area (Å²) in [6, 6.07) is 1.67. The van der Waals surface area contributed by atoms with Gasteiger partial charge in [-0.15, -0.1) is 0 Å². The van der Waals surface area contributed by atoms with E-state index in [1.807, 2.05) is 0 Å². The second-order valence-corrected chi connectivity index (χ2v) is 4.25. The van der Waals surface area contributed by atoms with Crippen molar-refractivity contribution < 1.29 is 9.84 Å². The molecule has 17 heavy (non-hydrogen) atoms. The second-order valence-electron chi connectivity index (χ2n) is 4.25. The van der Waals surface area contributed by atoms with Crippen LogP contribution < -0.4 is 4.74 Å². The van der Waals surface area contributed by atoms with Crippen molar-refractivity contribution in [2.75, 3.05) is 0 Å². The maximum Gasteiger partial charge on any atom is 0.157 e. The molecule has 1 aliphatic carbocycles. The van der Waals surface area contributed by atoms with Crippen LogP contribution in [0, 0.1) is 0 Å². The summed E-state index contributed by atoms with van der Waals surface area (Å²) in [4.78, 5) is 4.09. The maximum absolute atomic E-state index is 9.30. The van der Waals surface area contributed by atoms with Gasteiger partial charge in [-0.1, -0.05) is 0 Å². The highest BCUT2D eigenvalue weighted by atomic mass is 16.6. The summed E-state index contributed by atoms with van der Waals surface area (Å²) in [5.41, 5.74) is -0.825. The molecule has 0 atom stereocenters. The third-order valence-electron chi connectivity index (χ3n) is 2.62. The number of aromatic nitrogens is 3. The van der Waals surface area contributed by atoms with Gasteiger partial charge in [-0.05, 0) is 12.8 Å². The molecule has 2 aromatic heterocycles. The normalized spacial score (nSPS) is 16.3. The average Bonchev–Trinajstić information content (AvgIpc) is 2.95. The Morgan fingerprint density at radius 1 is 1.47 bits per heavy atom. The van der Waals surface area contributed by atoms with Crippen LogP contribution >= 0.6 is 0 Å². The van der Waals surface area contributed by atoms with Gasteiger partial charge in [0.15, 0.2) is 21.3 Å². The van der Waals surface area contributed by atoms with Gasteiger partial charge in [0.1, 0.15) is 17.0 Å². The number of fused-ring (bicyclic) bond motifs is 1. The third kappa shape index (κ3) is 2.15. The van der Waals surface area contributed by atoms with E-state index in [0.717, 1.165) is 18.5 Å². The fourth-order valence-corrected chi connectivity index (χ4v) is 1.75. The van der Waals surface area contributed by atoms with Gasteiger partial charge >= 0.3 is 0 Å². The minimum atomic E-state index is -2.20. The summed E-state index contributed by atoms with van der Waals surface area (Å²) in [7, 11) is 10.5. The summed E-state index contributed by atoms with van der Waals surface area (Å²) >= 11 is 0. The third-order valence-corrected chi connectivity index (χ3v) is 2.62. The molecule has 1 N–H and O–H groups in total. The van der Waals surface area contributed by atoms with E-state index in [1.54, 1.807) is 23.0 Å². The van der Waals surface area contributed by atoms with Crippen molar-refractivity contribution in [3.63, 3.8) is 0 Å². The Hall–Kier alpha value is -1.49. The highest BCUT2D eigenvalue weighted by Crippen LogP contribution is 2.43. The van der Waals surface area contributed by atoms with Crippen LogP contribution in [0.4, 0.5) is 0 Å². The van der Waals surface area contributed by atoms with E-state index in [4.69, 9.17) is 20.4 Å². The molecule has 1 fully saturated rings. The predicted molar refractivity (Wildman–Crippen MR) is 62.0 cm³/mol. The van der Waals surface area contributed by atoms with Crippen LogP contribution in [0.25, 0.3) is 5.65 Å². The van der Waals surface area contributed by atoms with Gasteiger partial charge in [-0.2, -0.15) is 5.10 Å². The molecule has 4 radical (unpaired) electrons. The van der Waals surface area contributed by atoms with Crippen LogP contribution in [-0.4, -0.2) is 41.0 Å². The van der Waals surface area contributed by atoms with E-state index in [-0.39, 0.29) is 0 Å². The summed E-state index contributed by atoms with van der Waals surface area (Å²) in [5, 5.41) is 13.7. The molecule has 1 aliphatic rings. The van der Waals surface area contributed by atoms with Crippen LogP contribution in [0.2, 0.25) is 0 Å². The number of hydrogen-bond acceptors (Lipinski definition) is 4. The van der Waals surface area contributed by atoms with Crippen molar-refractivity contribution in [1.82, 2.24) is 14.6 Å². The fourth-order valence-electron chi connectivity index (χ4n) is 1.75. The highest BCUT2D eigenvalue weighted by molar-refractivity contribution is 6.37. The van der Waals surface area contributed by atoms with Gasteiger partial charge in [-0.3, -0.25) is 0 Å². The van der Waals surface area contributed by atoms with Crippen LogP contribution in [-0.2, 0) is 0 Å². The van der Waals surface area contributed by atoms with Gasteiger partial charge in [0.05, 0.1) is 0 Å². The van der Waals surface area contributed by atoms with Gasteiger partial charge < -0.3 is 9.84 Å². The number of ether oxygens (including phenoxy) is 1. The van der Waals surface area contributed by atoms with Crippen molar-refractivity contribution in [3.8, 4) is 5.75 Å². The Bertz CT molecular complexity index is 560. The minimum Gasteiger partial charge on any atom is -0.480 e. The quantitative estimate of drug-likeness (QED) is 0.586. The summed E-state index contributed by atoms with van der Waals surface area (Å²) < 4.78 is 6.77. The number of nitrogens with zero attached hydrogens (tertiary/aromatic N) is 3. The highest BCUT2D eigenvalue weighted by Gasteiger charge is 2.30. The Balaban J connectivity index is 2.09. The maximum atomic E-state index is 9.30. The number of rotatable bonds is 3. The van der Waals surface area contributed by atoms with Crippen molar-refractivity contribution in [2.24, 2.45) is 0 Å². The van der Waals surface area contributed by atoms with Crippen LogP contribution in [0.3, 0.4) is 0 Å². The minimum absolute atomic E-state index is 0.346. The van der Waals surface area contributed by atoms with Crippen LogP contribution in [0.1, 0.15) is 24.5 Å². The number of aliphatic hydroxyl groups is 1. The largest absolute Gasteiger partial charge is 0.480 e. The molecule has 1 saturated carbocycles. The first-order valence-electron chi connectivity index (χ1n) is 5.36. The van der Waals surface area contributed by atoms with Gasteiger partial charge in [0.25, 0.3) is 0 Å². The summed E-state index contributed by atoms with van der Waals surface area (Å²) in [6.07, 6.45) is 5.50. The zero-order valence-electron chi connectivity index (χ0n) is 9.08. The first kappa shape index (κ1) is 10.7. The molecule has 0 unspecified atom stereocenters. The lowest BCUT2D eigenvalue weighted by atomic mass is 9.76. The van der Waals surface area contributed by atoms with E-state index < -0.39 is 5.59 Å². The molecule has 2 aromatic rings. The zero-order valence-corrected chi connectivity index (χ0v) is 9.08. The lowest BCUT2D eigenvalue weighted by Crippen LogP contribution is -2.37. The van der Waals surface area contributed by atoms with Crippen LogP contribution in [0.15, 0.2) is 18.5 Å². The molecule has 0 aromatic carbocycles. The van der Waals surface area contributed by atoms with E-state index in [0.29, 0.717) is 17.3 Å². The zero-order chi connectivity index (χ0) is 12.0. The van der Waals surface area contributed by atoms with Crippen molar-refractivity contribution in [1.29, 1.82) is 0 Å². The first-order chi connectivity index (χ1) is 8.03. The lowest BCUT2D eigenvalue weighted by molar-refractivity contribution is 0.0116. The predicted octanol–water partition coefficient (Wildman–Crippen LogP) is -0.0739. The van der Waals surface area contributed by atoms with E-state index >= 15 is 0 Å². The Kier molecular flexibility index (Phi) is 2.19. The molecule has 82 valence electrons. The molecule has 2 heterocycles. The molecule has 0 saturated heterocycles. The van der Waals surface area contributed by atoms with Crippen molar-refractivity contribution in [3.05, 3.63) is 24.2 Å². The molecule has 0 amide bonds. The molecule has 0 spiro atoms. The summed E-state index contributed by atoms with van der Waals surface area (Å²) in [6.45, 7) is 0. The fraction of sp³-hybridized carbons (Fsp3) is 0.400. The molecular formula is C10H9B2N3O2. The van der Waals surface area contributed by atoms with E-state index in [1.165, 1.54) is 0 Å². The van der Waals surface area contributed by atoms with Crippen molar-refractivity contribution >= 4 is 21.3 Å². The Morgan fingerprint density at radius 3 is 2.88 bits per heavy atom. The molecule has 5 nitrogen and oxygen atoms in total. The van der Waals surface area contributed by atoms with E-state index in [2.05, 4.69) is 10.1 Å².